The lowest BCUT2D eigenvalue weighted by molar-refractivity contribution is 0.573. The van der Waals surface area contributed by atoms with Crippen LogP contribution in [0, 0.1) is 0 Å². The van der Waals surface area contributed by atoms with Crippen LogP contribution in [-0.2, 0) is 6.42 Å². The Morgan fingerprint density at radius 2 is 1.52 bits per heavy atom. The predicted octanol–water partition coefficient (Wildman–Crippen LogP) is 4.84. The van der Waals surface area contributed by atoms with Crippen LogP contribution < -0.4 is 10.2 Å². The van der Waals surface area contributed by atoms with E-state index in [1.807, 2.05) is 6.07 Å². The maximum Gasteiger partial charge on any atom is 0.161 e. The van der Waals surface area contributed by atoms with E-state index in [1.54, 1.807) is 0 Å². The zero-order valence-corrected chi connectivity index (χ0v) is 15.4. The molecule has 1 N–H and O–H groups in total. The number of nitrogens with one attached hydrogen (secondary N) is 1. The van der Waals surface area contributed by atoms with Crippen molar-refractivity contribution in [3.8, 4) is 11.4 Å². The monoisotopic (exact) mass is 356 g/mol. The highest BCUT2D eigenvalue weighted by molar-refractivity contribution is 5.75. The van der Waals surface area contributed by atoms with Crippen LogP contribution in [0.15, 0.2) is 60.7 Å². The van der Waals surface area contributed by atoms with Gasteiger partial charge < -0.3 is 10.2 Å². The van der Waals surface area contributed by atoms with Gasteiger partial charge in [0.15, 0.2) is 11.6 Å². The van der Waals surface area contributed by atoms with Crippen LogP contribution in [0.5, 0.6) is 0 Å². The standard InChI is InChI=1S/C23H24N4/c1-4-10-17(11-5-1)19-16-20-21(24-19)23(27-14-8-3-9-15-27)26-22(25-20)18-12-6-2-7-13-18/h1-2,4-7,10-13,19,24H,3,8-9,14-16H2. The average molecular weight is 356 g/mol. The largest absolute Gasteiger partial charge is 0.373 e. The number of piperidine rings is 1. The SMILES string of the molecule is c1ccc(-c2nc3c(c(N4CCCCC4)n2)NC(c2ccccc2)C3)cc1. The van der Waals surface area contributed by atoms with Crippen molar-refractivity contribution in [2.45, 2.75) is 31.7 Å². The lowest BCUT2D eigenvalue weighted by atomic mass is 10.1. The summed E-state index contributed by atoms with van der Waals surface area (Å²) in [6.45, 7) is 2.16. The van der Waals surface area contributed by atoms with Crippen molar-refractivity contribution in [3.05, 3.63) is 71.9 Å². The van der Waals surface area contributed by atoms with Gasteiger partial charge in [0.1, 0.15) is 0 Å². The van der Waals surface area contributed by atoms with Crippen LogP contribution in [0.1, 0.15) is 36.6 Å². The Bertz CT molecular complexity index is 918. The minimum Gasteiger partial charge on any atom is -0.373 e. The van der Waals surface area contributed by atoms with E-state index in [0.29, 0.717) is 0 Å². The van der Waals surface area contributed by atoms with Gasteiger partial charge in [-0.1, -0.05) is 60.7 Å². The Hall–Kier alpha value is -2.88. The quantitative estimate of drug-likeness (QED) is 0.729. The molecule has 0 amide bonds. The molecule has 0 spiro atoms. The molecule has 4 nitrogen and oxygen atoms in total. The summed E-state index contributed by atoms with van der Waals surface area (Å²) in [6.07, 6.45) is 4.70. The molecule has 2 aliphatic rings. The maximum atomic E-state index is 5.02. The molecule has 3 heterocycles. The first-order chi connectivity index (χ1) is 13.4. The van der Waals surface area contributed by atoms with Gasteiger partial charge in [0.25, 0.3) is 0 Å². The van der Waals surface area contributed by atoms with Crippen molar-refractivity contribution < 1.29 is 0 Å². The van der Waals surface area contributed by atoms with Crippen LogP contribution in [0.2, 0.25) is 0 Å². The molecule has 0 bridgehead atoms. The molecule has 1 aromatic heterocycles. The molecule has 2 aliphatic heterocycles. The molecule has 0 aliphatic carbocycles. The Labute approximate surface area is 160 Å². The van der Waals surface area contributed by atoms with Gasteiger partial charge in [0.2, 0.25) is 0 Å². The van der Waals surface area contributed by atoms with E-state index in [4.69, 9.17) is 9.97 Å². The van der Waals surface area contributed by atoms with Crippen LogP contribution in [-0.4, -0.2) is 23.1 Å². The zero-order valence-electron chi connectivity index (χ0n) is 15.4. The summed E-state index contributed by atoms with van der Waals surface area (Å²) in [7, 11) is 0. The number of benzene rings is 2. The minimum absolute atomic E-state index is 0.269. The number of anilines is 2. The van der Waals surface area contributed by atoms with Crippen molar-refractivity contribution in [2.24, 2.45) is 0 Å². The molecule has 1 fully saturated rings. The molecule has 27 heavy (non-hydrogen) atoms. The maximum absolute atomic E-state index is 5.02. The highest BCUT2D eigenvalue weighted by Gasteiger charge is 2.30. The molecule has 4 heteroatoms. The molecule has 1 atom stereocenters. The van der Waals surface area contributed by atoms with Crippen LogP contribution in [0.25, 0.3) is 11.4 Å². The Balaban J connectivity index is 1.57. The zero-order chi connectivity index (χ0) is 18.1. The second kappa shape index (κ2) is 7.03. The Morgan fingerprint density at radius 1 is 0.815 bits per heavy atom. The van der Waals surface area contributed by atoms with Gasteiger partial charge in [-0.15, -0.1) is 0 Å². The van der Waals surface area contributed by atoms with E-state index in [2.05, 4.69) is 64.8 Å². The second-order valence-corrected chi connectivity index (χ2v) is 7.42. The summed E-state index contributed by atoms with van der Waals surface area (Å²) >= 11 is 0. The molecule has 3 aromatic rings. The molecule has 1 saturated heterocycles. The summed E-state index contributed by atoms with van der Waals surface area (Å²) < 4.78 is 0. The molecule has 0 radical (unpaired) electrons. The highest BCUT2D eigenvalue weighted by Crippen LogP contribution is 2.40. The van der Waals surface area contributed by atoms with E-state index in [-0.39, 0.29) is 6.04 Å². The molecule has 136 valence electrons. The van der Waals surface area contributed by atoms with Crippen LogP contribution in [0.3, 0.4) is 0 Å². The van der Waals surface area contributed by atoms with Crippen LogP contribution in [0.4, 0.5) is 11.5 Å². The summed E-state index contributed by atoms with van der Waals surface area (Å²) in [6, 6.07) is 21.3. The number of hydrogen-bond acceptors (Lipinski definition) is 4. The molecule has 0 saturated carbocycles. The Morgan fingerprint density at radius 3 is 2.26 bits per heavy atom. The average Bonchev–Trinajstić information content (AvgIpc) is 3.19. The van der Waals surface area contributed by atoms with Gasteiger partial charge in [-0.25, -0.2) is 9.97 Å². The predicted molar refractivity (Wildman–Crippen MR) is 110 cm³/mol. The molecule has 5 rings (SSSR count). The van der Waals surface area contributed by atoms with E-state index in [1.165, 1.54) is 24.8 Å². The smallest absolute Gasteiger partial charge is 0.161 e. The highest BCUT2D eigenvalue weighted by atomic mass is 15.2. The fourth-order valence-corrected chi connectivity index (χ4v) is 4.15. The molecular formula is C23H24N4. The fourth-order valence-electron chi connectivity index (χ4n) is 4.15. The third-order valence-corrected chi connectivity index (χ3v) is 5.57. The van der Waals surface area contributed by atoms with Gasteiger partial charge >= 0.3 is 0 Å². The number of aromatic nitrogens is 2. The van der Waals surface area contributed by atoms with E-state index in [0.717, 1.165) is 48.1 Å². The van der Waals surface area contributed by atoms with E-state index < -0.39 is 0 Å². The molecule has 2 aromatic carbocycles. The summed E-state index contributed by atoms with van der Waals surface area (Å²) in [5.41, 5.74) is 4.66. The first-order valence-electron chi connectivity index (χ1n) is 9.91. The third kappa shape index (κ3) is 3.16. The number of nitrogens with zero attached hydrogens (tertiary/aromatic N) is 3. The minimum atomic E-state index is 0.269. The summed E-state index contributed by atoms with van der Waals surface area (Å²) in [5.74, 6) is 1.92. The number of rotatable bonds is 3. The normalized spacial score (nSPS) is 18.8. The lowest BCUT2D eigenvalue weighted by Gasteiger charge is -2.29. The van der Waals surface area contributed by atoms with Crippen molar-refractivity contribution in [3.63, 3.8) is 0 Å². The summed E-state index contributed by atoms with van der Waals surface area (Å²) in [4.78, 5) is 12.4. The van der Waals surface area contributed by atoms with E-state index in [9.17, 15) is 0 Å². The van der Waals surface area contributed by atoms with Gasteiger partial charge in [0, 0.05) is 25.1 Å². The fraction of sp³-hybridized carbons (Fsp3) is 0.304. The van der Waals surface area contributed by atoms with Gasteiger partial charge in [-0.3, -0.25) is 0 Å². The number of fused-ring (bicyclic) bond motifs is 1. The Kier molecular flexibility index (Phi) is 4.24. The van der Waals surface area contributed by atoms with Crippen molar-refractivity contribution in [2.75, 3.05) is 23.3 Å². The van der Waals surface area contributed by atoms with Crippen molar-refractivity contribution >= 4 is 11.5 Å². The number of hydrogen-bond donors (Lipinski definition) is 1. The second-order valence-electron chi connectivity index (χ2n) is 7.42. The van der Waals surface area contributed by atoms with Gasteiger partial charge in [-0.2, -0.15) is 0 Å². The van der Waals surface area contributed by atoms with Crippen LogP contribution >= 0.6 is 0 Å². The molecular weight excluding hydrogens is 332 g/mol. The van der Waals surface area contributed by atoms with Gasteiger partial charge in [-0.05, 0) is 24.8 Å². The topological polar surface area (TPSA) is 41.1 Å². The first kappa shape index (κ1) is 16.3. The summed E-state index contributed by atoms with van der Waals surface area (Å²) in [5, 5.41) is 3.73. The van der Waals surface area contributed by atoms with E-state index >= 15 is 0 Å². The molecule has 1 unspecified atom stereocenters. The first-order valence-corrected chi connectivity index (χ1v) is 9.91. The van der Waals surface area contributed by atoms with Gasteiger partial charge in [0.05, 0.1) is 17.4 Å². The van der Waals surface area contributed by atoms with Crippen molar-refractivity contribution in [1.82, 2.24) is 9.97 Å². The lowest BCUT2D eigenvalue weighted by Crippen LogP contribution is -2.31. The van der Waals surface area contributed by atoms with Crippen molar-refractivity contribution in [1.29, 1.82) is 0 Å². The third-order valence-electron chi connectivity index (χ3n) is 5.57.